The van der Waals surface area contributed by atoms with Gasteiger partial charge in [0.05, 0.1) is 0 Å². The van der Waals surface area contributed by atoms with Crippen LogP contribution in [-0.2, 0) is 11.2 Å². The van der Waals surface area contributed by atoms with E-state index in [1.54, 1.807) is 12.1 Å². The predicted molar refractivity (Wildman–Crippen MR) is 89.4 cm³/mol. The van der Waals surface area contributed by atoms with Crippen LogP contribution in [0, 0.1) is 5.82 Å². The van der Waals surface area contributed by atoms with E-state index < -0.39 is 12.0 Å². The van der Waals surface area contributed by atoms with Crippen LogP contribution in [0.25, 0.3) is 11.4 Å². The number of aryl methyl sites for hydroxylation is 1. The smallest absolute Gasteiger partial charge is 0.326 e. The SMILES string of the molecule is CCc1cc(N2CCCCC2C(=O)O)nc(-c2cccc(F)c2)n1. The summed E-state index contributed by atoms with van der Waals surface area (Å²) in [6, 6.07) is 7.41. The van der Waals surface area contributed by atoms with Gasteiger partial charge in [0.15, 0.2) is 5.82 Å². The third-order valence-corrected chi connectivity index (χ3v) is 4.29. The Morgan fingerprint density at radius 2 is 2.17 bits per heavy atom. The van der Waals surface area contributed by atoms with Crippen LogP contribution in [0.4, 0.5) is 10.2 Å². The van der Waals surface area contributed by atoms with Crippen molar-refractivity contribution in [1.82, 2.24) is 9.97 Å². The number of rotatable bonds is 4. The summed E-state index contributed by atoms with van der Waals surface area (Å²) in [5, 5.41) is 9.48. The highest BCUT2D eigenvalue weighted by Gasteiger charge is 2.30. The molecule has 2 heterocycles. The topological polar surface area (TPSA) is 66.3 Å². The van der Waals surface area contributed by atoms with Crippen molar-refractivity contribution in [3.63, 3.8) is 0 Å². The fraction of sp³-hybridized carbons (Fsp3) is 0.389. The number of hydrogen-bond acceptors (Lipinski definition) is 4. The van der Waals surface area contributed by atoms with Crippen molar-refractivity contribution >= 4 is 11.8 Å². The highest BCUT2D eigenvalue weighted by atomic mass is 19.1. The summed E-state index contributed by atoms with van der Waals surface area (Å²) in [5.41, 5.74) is 1.41. The molecule has 1 saturated heterocycles. The molecule has 24 heavy (non-hydrogen) atoms. The molecule has 1 unspecified atom stereocenters. The molecular formula is C18H20FN3O2. The molecule has 0 aliphatic carbocycles. The molecule has 2 aromatic rings. The number of carbonyl (C=O) groups is 1. The molecule has 5 nitrogen and oxygen atoms in total. The van der Waals surface area contributed by atoms with Crippen LogP contribution in [0.3, 0.4) is 0 Å². The van der Waals surface area contributed by atoms with E-state index in [0.29, 0.717) is 36.6 Å². The lowest BCUT2D eigenvalue weighted by Crippen LogP contribution is -2.45. The molecule has 0 bridgehead atoms. The van der Waals surface area contributed by atoms with E-state index in [0.717, 1.165) is 18.5 Å². The second-order valence-corrected chi connectivity index (χ2v) is 5.95. The van der Waals surface area contributed by atoms with E-state index in [9.17, 15) is 14.3 Å². The molecule has 126 valence electrons. The van der Waals surface area contributed by atoms with E-state index in [2.05, 4.69) is 9.97 Å². The van der Waals surface area contributed by atoms with Crippen molar-refractivity contribution in [2.45, 2.75) is 38.6 Å². The minimum atomic E-state index is -0.835. The van der Waals surface area contributed by atoms with Gasteiger partial charge >= 0.3 is 5.97 Å². The Balaban J connectivity index is 2.04. The maximum Gasteiger partial charge on any atom is 0.326 e. The normalized spacial score (nSPS) is 17.8. The maximum atomic E-state index is 13.5. The van der Waals surface area contributed by atoms with Crippen LogP contribution in [-0.4, -0.2) is 33.6 Å². The zero-order valence-corrected chi connectivity index (χ0v) is 13.6. The number of carboxylic acids is 1. The summed E-state index contributed by atoms with van der Waals surface area (Å²) in [5.74, 6) is -0.147. The number of aliphatic carboxylic acids is 1. The number of aromatic nitrogens is 2. The van der Waals surface area contributed by atoms with Gasteiger partial charge in [-0.2, -0.15) is 0 Å². The maximum absolute atomic E-state index is 13.5. The third kappa shape index (κ3) is 3.37. The second kappa shape index (κ2) is 6.95. The molecule has 3 rings (SSSR count). The van der Waals surface area contributed by atoms with Gasteiger partial charge in [-0.3, -0.25) is 0 Å². The fourth-order valence-electron chi connectivity index (χ4n) is 3.03. The molecule has 1 aliphatic heterocycles. The average molecular weight is 329 g/mol. The second-order valence-electron chi connectivity index (χ2n) is 5.95. The molecule has 1 aliphatic rings. The molecule has 1 fully saturated rings. The number of carboxylic acid groups (broad SMARTS) is 1. The van der Waals surface area contributed by atoms with Crippen molar-refractivity contribution in [2.24, 2.45) is 0 Å². The molecule has 0 radical (unpaired) electrons. The van der Waals surface area contributed by atoms with E-state index in [1.807, 2.05) is 17.9 Å². The van der Waals surface area contributed by atoms with E-state index in [4.69, 9.17) is 0 Å². The molecule has 1 N–H and O–H groups in total. The van der Waals surface area contributed by atoms with E-state index >= 15 is 0 Å². The quantitative estimate of drug-likeness (QED) is 0.932. The first-order valence-corrected chi connectivity index (χ1v) is 8.22. The Morgan fingerprint density at radius 1 is 1.33 bits per heavy atom. The Kier molecular flexibility index (Phi) is 4.74. The van der Waals surface area contributed by atoms with Crippen molar-refractivity contribution in [3.05, 3.63) is 41.8 Å². The zero-order chi connectivity index (χ0) is 17.1. The highest BCUT2D eigenvalue weighted by molar-refractivity contribution is 5.78. The first-order valence-electron chi connectivity index (χ1n) is 8.22. The summed E-state index contributed by atoms with van der Waals surface area (Å²) in [6.07, 6.45) is 3.14. The van der Waals surface area contributed by atoms with Crippen LogP contribution in [0.1, 0.15) is 31.9 Å². The minimum Gasteiger partial charge on any atom is -0.480 e. The van der Waals surface area contributed by atoms with Gasteiger partial charge in [0.2, 0.25) is 0 Å². The van der Waals surface area contributed by atoms with Gasteiger partial charge in [0, 0.05) is 23.9 Å². The summed E-state index contributed by atoms with van der Waals surface area (Å²) in [7, 11) is 0. The van der Waals surface area contributed by atoms with E-state index in [1.165, 1.54) is 12.1 Å². The molecule has 0 spiro atoms. The van der Waals surface area contributed by atoms with Crippen LogP contribution in [0.15, 0.2) is 30.3 Å². The summed E-state index contributed by atoms with van der Waals surface area (Å²) in [4.78, 5) is 22.4. The number of benzene rings is 1. The van der Waals surface area contributed by atoms with Gasteiger partial charge < -0.3 is 10.0 Å². The van der Waals surface area contributed by atoms with Gasteiger partial charge in [-0.05, 0) is 37.8 Å². The standard InChI is InChI=1S/C18H20FN3O2/c1-2-14-11-16(22-9-4-3-8-15(22)18(23)24)21-17(20-14)12-6-5-7-13(19)10-12/h5-7,10-11,15H,2-4,8-9H2,1H3,(H,23,24). The molecule has 0 amide bonds. The Hall–Kier alpha value is -2.50. The largest absolute Gasteiger partial charge is 0.480 e. The Bertz CT molecular complexity index is 751. The summed E-state index contributed by atoms with van der Waals surface area (Å²) in [6.45, 7) is 2.63. The van der Waals surface area contributed by atoms with Gasteiger partial charge in [0.25, 0.3) is 0 Å². The zero-order valence-electron chi connectivity index (χ0n) is 13.6. The van der Waals surface area contributed by atoms with Crippen molar-refractivity contribution < 1.29 is 14.3 Å². The van der Waals surface area contributed by atoms with Crippen molar-refractivity contribution in [1.29, 1.82) is 0 Å². The van der Waals surface area contributed by atoms with Crippen molar-refractivity contribution in [2.75, 3.05) is 11.4 Å². The highest BCUT2D eigenvalue weighted by Crippen LogP contribution is 2.27. The first kappa shape index (κ1) is 16.4. The van der Waals surface area contributed by atoms with Crippen molar-refractivity contribution in [3.8, 4) is 11.4 Å². The number of anilines is 1. The lowest BCUT2D eigenvalue weighted by molar-refractivity contribution is -0.139. The fourth-order valence-corrected chi connectivity index (χ4v) is 3.03. The monoisotopic (exact) mass is 329 g/mol. The summed E-state index contributed by atoms with van der Waals surface area (Å²) >= 11 is 0. The van der Waals surface area contributed by atoms with Crippen LogP contribution in [0.5, 0.6) is 0 Å². The van der Waals surface area contributed by atoms with Crippen LogP contribution >= 0.6 is 0 Å². The molecule has 6 heteroatoms. The summed E-state index contributed by atoms with van der Waals surface area (Å²) < 4.78 is 13.5. The molecule has 1 atom stereocenters. The van der Waals surface area contributed by atoms with Gasteiger partial charge in [0.1, 0.15) is 17.7 Å². The molecule has 1 aromatic heterocycles. The number of halogens is 1. The van der Waals surface area contributed by atoms with E-state index in [-0.39, 0.29) is 5.82 Å². The molecule has 0 saturated carbocycles. The van der Waals surface area contributed by atoms with Gasteiger partial charge in [-0.25, -0.2) is 19.2 Å². The number of nitrogens with zero attached hydrogens (tertiary/aromatic N) is 3. The average Bonchev–Trinajstić information content (AvgIpc) is 2.61. The Morgan fingerprint density at radius 3 is 2.88 bits per heavy atom. The number of hydrogen-bond donors (Lipinski definition) is 1. The van der Waals surface area contributed by atoms with Crippen LogP contribution < -0.4 is 4.90 Å². The Labute approximate surface area is 140 Å². The lowest BCUT2D eigenvalue weighted by atomic mass is 10.0. The van der Waals surface area contributed by atoms with Crippen LogP contribution in [0.2, 0.25) is 0 Å². The first-order chi connectivity index (χ1) is 11.6. The predicted octanol–water partition coefficient (Wildman–Crippen LogP) is 3.29. The lowest BCUT2D eigenvalue weighted by Gasteiger charge is -2.34. The molecular weight excluding hydrogens is 309 g/mol. The minimum absolute atomic E-state index is 0.346. The molecule has 1 aromatic carbocycles. The third-order valence-electron chi connectivity index (χ3n) is 4.29. The van der Waals surface area contributed by atoms with Gasteiger partial charge in [-0.1, -0.05) is 19.1 Å². The van der Waals surface area contributed by atoms with Gasteiger partial charge in [-0.15, -0.1) is 0 Å². The number of piperidine rings is 1.